The van der Waals surface area contributed by atoms with Crippen molar-refractivity contribution in [3.05, 3.63) is 105 Å². The van der Waals surface area contributed by atoms with Crippen LogP contribution < -0.4 is 4.74 Å². The number of aryl methyl sites for hydroxylation is 2. The summed E-state index contributed by atoms with van der Waals surface area (Å²) in [7, 11) is 3.68. The Morgan fingerprint density at radius 2 is 1.96 bits per heavy atom. The first kappa shape index (κ1) is 35.8. The van der Waals surface area contributed by atoms with Gasteiger partial charge in [-0.3, -0.25) is 9.69 Å². The Labute approximate surface area is 304 Å². The molecular formula is C37H39ClFN5O4S2. The predicted octanol–water partition coefficient (Wildman–Crippen LogP) is 8.03. The fraction of sp³-hybridized carbons (Fsp3) is 0.324. The van der Waals surface area contributed by atoms with Crippen molar-refractivity contribution in [2.24, 2.45) is 19.2 Å². The van der Waals surface area contributed by atoms with E-state index in [1.165, 1.54) is 12.1 Å². The Hall–Kier alpha value is -3.97. The lowest BCUT2D eigenvalue weighted by Gasteiger charge is -2.28. The number of thioether (sulfide) groups is 2. The van der Waals surface area contributed by atoms with Crippen LogP contribution in [0.15, 0.2) is 81.0 Å². The number of nitrogens with zero attached hydrogens (tertiary/aromatic N) is 5. The molecule has 4 bridgehead atoms. The third kappa shape index (κ3) is 8.66. The third-order valence-electron chi connectivity index (χ3n) is 8.51. The van der Waals surface area contributed by atoms with Crippen LogP contribution in [-0.4, -0.2) is 68.8 Å². The van der Waals surface area contributed by atoms with Crippen molar-refractivity contribution in [3.8, 4) is 5.75 Å². The number of rotatable bonds is 1. The second kappa shape index (κ2) is 16.4. The SMILES string of the molecule is CC1=C2COCCN2/N=C/CSCc2cc(n(C)n2)CSc2cc(c3ccc(F)cc3c2)OCCCc2c(cn(C)c2C(=O)O)/C=C\C(Cl)=C1. The summed E-state index contributed by atoms with van der Waals surface area (Å²) in [6.45, 7) is 3.97. The molecule has 0 atom stereocenters. The number of fused-ring (bicyclic) bond motifs is 8. The van der Waals surface area contributed by atoms with Gasteiger partial charge in [-0.25, -0.2) is 9.18 Å². The molecule has 2 aliphatic heterocycles. The maximum atomic E-state index is 14.3. The monoisotopic (exact) mass is 735 g/mol. The minimum atomic E-state index is -1.00. The van der Waals surface area contributed by atoms with Crippen molar-refractivity contribution in [2.45, 2.75) is 36.2 Å². The summed E-state index contributed by atoms with van der Waals surface area (Å²) in [5.41, 5.74) is 5.64. The molecule has 0 spiro atoms. The zero-order valence-corrected chi connectivity index (χ0v) is 30.6. The second-order valence-electron chi connectivity index (χ2n) is 12.1. The molecule has 0 unspecified atom stereocenters. The van der Waals surface area contributed by atoms with Crippen LogP contribution in [0, 0.1) is 5.82 Å². The number of benzene rings is 2. The molecule has 6 rings (SSSR count). The predicted molar refractivity (Wildman–Crippen MR) is 201 cm³/mol. The summed E-state index contributed by atoms with van der Waals surface area (Å²) < 4.78 is 29.9. The average Bonchev–Trinajstić information content (AvgIpc) is 3.61. The van der Waals surface area contributed by atoms with Crippen molar-refractivity contribution in [1.29, 1.82) is 0 Å². The number of allylic oxidation sites excluding steroid dienone is 4. The Balaban J connectivity index is 1.32. The van der Waals surface area contributed by atoms with Crippen LogP contribution in [0.25, 0.3) is 16.8 Å². The zero-order valence-electron chi connectivity index (χ0n) is 28.2. The highest BCUT2D eigenvalue weighted by atomic mass is 35.5. The second-order valence-corrected chi connectivity index (χ2v) is 14.6. The van der Waals surface area contributed by atoms with Crippen molar-refractivity contribution < 1.29 is 23.8 Å². The number of halogens is 2. The lowest BCUT2D eigenvalue weighted by molar-refractivity contribution is 0.0685. The van der Waals surface area contributed by atoms with E-state index in [9.17, 15) is 14.3 Å². The maximum absolute atomic E-state index is 14.3. The molecule has 0 amide bonds. The summed E-state index contributed by atoms with van der Waals surface area (Å²) >= 11 is 10.1. The number of hydrogen-bond acceptors (Lipinski definition) is 8. The van der Waals surface area contributed by atoms with Gasteiger partial charge >= 0.3 is 5.97 Å². The fourth-order valence-corrected chi connectivity index (χ4v) is 7.92. The molecule has 262 valence electrons. The van der Waals surface area contributed by atoms with E-state index < -0.39 is 5.97 Å². The van der Waals surface area contributed by atoms with Crippen molar-refractivity contribution >= 4 is 64.2 Å². The molecular weight excluding hydrogens is 697 g/mol. The van der Waals surface area contributed by atoms with Gasteiger partial charge in [0, 0.05) is 64.8 Å². The lowest BCUT2D eigenvalue weighted by atomic mass is 10.0. The molecule has 0 saturated carbocycles. The van der Waals surface area contributed by atoms with Crippen LogP contribution in [0.2, 0.25) is 0 Å². The fourth-order valence-electron chi connectivity index (χ4n) is 6.06. The van der Waals surface area contributed by atoms with Crippen molar-refractivity contribution in [3.63, 3.8) is 0 Å². The number of ether oxygens (including phenoxy) is 2. The van der Waals surface area contributed by atoms with Crippen LogP contribution in [-0.2, 0) is 36.8 Å². The molecule has 4 aromatic rings. The minimum absolute atomic E-state index is 0.222. The van der Waals surface area contributed by atoms with Gasteiger partial charge in [0.05, 0.1) is 37.8 Å². The summed E-state index contributed by atoms with van der Waals surface area (Å²) in [5, 5.41) is 23.6. The number of carboxylic acid groups (broad SMARTS) is 1. The number of hydrazone groups is 1. The minimum Gasteiger partial charge on any atom is -0.493 e. The van der Waals surface area contributed by atoms with E-state index >= 15 is 0 Å². The van der Waals surface area contributed by atoms with Gasteiger partial charge in [0.1, 0.15) is 17.3 Å². The summed E-state index contributed by atoms with van der Waals surface area (Å²) in [5.74, 6) is 1.50. The van der Waals surface area contributed by atoms with Gasteiger partial charge in [0.2, 0.25) is 0 Å². The molecule has 2 aromatic carbocycles. The Morgan fingerprint density at radius 3 is 2.80 bits per heavy atom. The van der Waals surface area contributed by atoms with E-state index in [1.54, 1.807) is 53.5 Å². The molecule has 50 heavy (non-hydrogen) atoms. The highest BCUT2D eigenvalue weighted by molar-refractivity contribution is 7.99. The topological polar surface area (TPSA) is 94.1 Å². The van der Waals surface area contributed by atoms with Gasteiger partial charge in [-0.1, -0.05) is 17.7 Å². The van der Waals surface area contributed by atoms with Gasteiger partial charge in [-0.05, 0) is 90.4 Å². The van der Waals surface area contributed by atoms with Crippen LogP contribution in [0.4, 0.5) is 4.39 Å². The van der Waals surface area contributed by atoms with Gasteiger partial charge < -0.3 is 19.1 Å². The quantitative estimate of drug-likeness (QED) is 0.210. The Bertz CT molecular complexity index is 2020. The molecule has 1 N–H and O–H groups in total. The number of aromatic nitrogens is 3. The molecule has 1 fully saturated rings. The largest absolute Gasteiger partial charge is 0.493 e. The Kier molecular flexibility index (Phi) is 11.7. The van der Waals surface area contributed by atoms with Crippen LogP contribution >= 0.6 is 35.1 Å². The molecule has 4 heterocycles. The number of carboxylic acids is 1. The summed E-state index contributed by atoms with van der Waals surface area (Å²) in [6.07, 6.45) is 10.3. The zero-order chi connectivity index (χ0) is 35.2. The number of aromatic carboxylic acids is 1. The van der Waals surface area contributed by atoms with Gasteiger partial charge in [-0.15, -0.1) is 23.5 Å². The molecule has 1 saturated heterocycles. The van der Waals surface area contributed by atoms with Gasteiger partial charge in [-0.2, -0.15) is 10.2 Å². The van der Waals surface area contributed by atoms with Gasteiger partial charge in [0.25, 0.3) is 0 Å². The smallest absolute Gasteiger partial charge is 0.352 e. The first-order valence-corrected chi connectivity index (χ1v) is 18.8. The standard InChI is InChI=1S/C37H39ClFN5O4S2/c1-24-15-27(38)7-6-25-20-42(2)36(37(45)46)33(25)5-4-12-48-35-19-31(17-26-16-28(39)8-9-32(26)35)50-23-30-18-29(41-43(30)3)22-49-14-10-40-44-11-13-47-21-34(24)44/h6-10,15-20H,4-5,11-14,21-23H2,1-3H3,(H,45,46)/b7-6-,27-15?,34-24?,40-10+. The van der Waals surface area contributed by atoms with Crippen LogP contribution in [0.1, 0.15) is 46.3 Å². The Morgan fingerprint density at radius 1 is 1.10 bits per heavy atom. The van der Waals surface area contributed by atoms with E-state index in [4.69, 9.17) is 31.3 Å². The number of hydrogen-bond donors (Lipinski definition) is 1. The maximum Gasteiger partial charge on any atom is 0.352 e. The van der Waals surface area contributed by atoms with Crippen LogP contribution in [0.3, 0.4) is 0 Å². The van der Waals surface area contributed by atoms with Crippen LogP contribution in [0.5, 0.6) is 5.75 Å². The van der Waals surface area contributed by atoms with E-state index in [0.717, 1.165) is 55.4 Å². The highest BCUT2D eigenvalue weighted by Crippen LogP contribution is 2.35. The van der Waals surface area contributed by atoms with Crippen molar-refractivity contribution in [2.75, 3.05) is 32.1 Å². The third-order valence-corrected chi connectivity index (χ3v) is 10.6. The van der Waals surface area contributed by atoms with E-state index in [1.807, 2.05) is 54.2 Å². The first-order chi connectivity index (χ1) is 24.2. The molecule has 13 heteroatoms. The van der Waals surface area contributed by atoms with Crippen molar-refractivity contribution in [1.82, 2.24) is 19.4 Å². The average molecular weight is 736 g/mol. The lowest BCUT2D eigenvalue weighted by Crippen LogP contribution is -2.31. The molecule has 0 aliphatic carbocycles. The van der Waals surface area contributed by atoms with E-state index in [2.05, 4.69) is 6.07 Å². The molecule has 2 aliphatic rings. The highest BCUT2D eigenvalue weighted by Gasteiger charge is 2.20. The van der Waals surface area contributed by atoms with E-state index in [0.29, 0.717) is 61.3 Å². The normalized spacial score (nSPS) is 18.2. The number of carbonyl (C=O) groups is 1. The molecule has 9 nitrogen and oxygen atoms in total. The molecule has 0 radical (unpaired) electrons. The summed E-state index contributed by atoms with van der Waals surface area (Å²) in [4.78, 5) is 13.2. The number of morpholine rings is 1. The summed E-state index contributed by atoms with van der Waals surface area (Å²) in [6, 6.07) is 10.8. The van der Waals surface area contributed by atoms with E-state index in [-0.39, 0.29) is 11.5 Å². The molecule has 2 aromatic heterocycles. The van der Waals surface area contributed by atoms with Gasteiger partial charge in [0.15, 0.2) is 0 Å². The first-order valence-electron chi connectivity index (χ1n) is 16.3.